The molecule has 2 nitrogen and oxygen atoms in total. The van der Waals surface area contributed by atoms with Gasteiger partial charge in [0.1, 0.15) is 0 Å². The number of halogens is 2. The van der Waals surface area contributed by atoms with Gasteiger partial charge in [-0.15, -0.1) is 0 Å². The van der Waals surface area contributed by atoms with E-state index in [0.29, 0.717) is 19.8 Å². The fraction of sp³-hybridized carbons (Fsp3) is 0.571. The summed E-state index contributed by atoms with van der Waals surface area (Å²) >= 11 is 7.45. The van der Waals surface area contributed by atoms with Crippen LogP contribution in [0.25, 0.3) is 0 Å². The van der Waals surface area contributed by atoms with E-state index in [9.17, 15) is 0 Å². The van der Waals surface area contributed by atoms with Gasteiger partial charge in [0.25, 0.3) is 0 Å². The molecule has 0 bridgehead atoms. The van der Waals surface area contributed by atoms with Gasteiger partial charge in [-0.05, 0) is 43.0 Å². The summed E-state index contributed by atoms with van der Waals surface area (Å²) in [6.07, 6.45) is 0.0887. The van der Waals surface area contributed by atoms with E-state index in [1.165, 1.54) is 26.7 Å². The quantitative estimate of drug-likeness (QED) is 0.718. The minimum absolute atomic E-state index is 0.0887. The lowest BCUT2D eigenvalue weighted by Gasteiger charge is -2.29. The van der Waals surface area contributed by atoms with Gasteiger partial charge in [-0.2, -0.15) is 0 Å². The van der Waals surface area contributed by atoms with Gasteiger partial charge in [0, 0.05) is 4.47 Å². The van der Waals surface area contributed by atoms with Crippen LogP contribution in [0.1, 0.15) is 27.1 Å². The summed E-state index contributed by atoms with van der Waals surface area (Å²) in [7, 11) is 0. The molecule has 1 fully saturated rings. The second-order valence-electron chi connectivity index (χ2n) is 4.75. The van der Waals surface area contributed by atoms with E-state index < -0.39 is 0 Å². The first-order valence-electron chi connectivity index (χ1n) is 6.12. The van der Waals surface area contributed by atoms with E-state index in [1.54, 1.807) is 0 Å². The van der Waals surface area contributed by atoms with Crippen molar-refractivity contribution in [3.05, 3.63) is 32.8 Å². The maximum Gasteiger partial charge on any atom is 0.0975 e. The third-order valence-electron chi connectivity index (χ3n) is 3.38. The Bertz CT molecular complexity index is 440. The molecule has 0 aliphatic carbocycles. The molecule has 0 spiro atoms. The number of rotatable bonds is 2. The van der Waals surface area contributed by atoms with Crippen molar-refractivity contribution >= 4 is 31.9 Å². The van der Waals surface area contributed by atoms with E-state index in [-0.39, 0.29) is 10.9 Å². The van der Waals surface area contributed by atoms with Crippen LogP contribution >= 0.6 is 31.9 Å². The van der Waals surface area contributed by atoms with Crippen LogP contribution in [0.15, 0.2) is 10.5 Å². The highest BCUT2D eigenvalue weighted by Crippen LogP contribution is 2.38. The molecule has 1 heterocycles. The van der Waals surface area contributed by atoms with Crippen LogP contribution < -0.4 is 0 Å². The Morgan fingerprint density at radius 2 is 1.94 bits per heavy atom. The minimum atomic E-state index is 0.0887. The fourth-order valence-electron chi connectivity index (χ4n) is 2.46. The Hall–Kier alpha value is 0.1000. The predicted molar refractivity (Wildman–Crippen MR) is 80.6 cm³/mol. The molecule has 0 amide bonds. The van der Waals surface area contributed by atoms with Gasteiger partial charge in [0.2, 0.25) is 0 Å². The third-order valence-corrected chi connectivity index (χ3v) is 5.65. The molecular weight excluding hydrogens is 360 g/mol. The summed E-state index contributed by atoms with van der Waals surface area (Å²) in [5.41, 5.74) is 5.16. The zero-order valence-electron chi connectivity index (χ0n) is 10.9. The van der Waals surface area contributed by atoms with E-state index in [1.807, 2.05) is 0 Å². The molecule has 1 aliphatic rings. The third kappa shape index (κ3) is 2.82. The number of benzene rings is 1. The van der Waals surface area contributed by atoms with Crippen molar-refractivity contribution in [2.45, 2.75) is 31.7 Å². The topological polar surface area (TPSA) is 18.5 Å². The summed E-state index contributed by atoms with van der Waals surface area (Å²) in [6, 6.07) is 2.21. The lowest BCUT2D eigenvalue weighted by atomic mass is 9.95. The maximum absolute atomic E-state index is 5.79. The number of alkyl halides is 1. The first-order valence-corrected chi connectivity index (χ1v) is 7.83. The zero-order valence-corrected chi connectivity index (χ0v) is 14.1. The molecule has 0 radical (unpaired) electrons. The van der Waals surface area contributed by atoms with Gasteiger partial charge in [0.15, 0.2) is 0 Å². The SMILES string of the molecule is Cc1cc(C)c(C(Br)C2COCCO2)c(C)c1Br. The van der Waals surface area contributed by atoms with E-state index in [2.05, 4.69) is 58.7 Å². The van der Waals surface area contributed by atoms with Crippen LogP contribution in [0.3, 0.4) is 0 Å². The summed E-state index contributed by atoms with van der Waals surface area (Å²) in [6.45, 7) is 8.46. The Morgan fingerprint density at radius 1 is 1.22 bits per heavy atom. The normalized spacial score (nSPS) is 21.9. The van der Waals surface area contributed by atoms with Crippen LogP contribution in [0.4, 0.5) is 0 Å². The molecule has 1 aromatic rings. The van der Waals surface area contributed by atoms with E-state index in [4.69, 9.17) is 9.47 Å². The fourth-order valence-corrected chi connectivity index (χ4v) is 3.80. The van der Waals surface area contributed by atoms with Crippen molar-refractivity contribution in [3.63, 3.8) is 0 Å². The molecule has 1 aromatic carbocycles. The number of hydrogen-bond acceptors (Lipinski definition) is 2. The van der Waals surface area contributed by atoms with Crippen molar-refractivity contribution in [3.8, 4) is 0 Å². The number of aryl methyl sites for hydroxylation is 2. The Balaban J connectivity index is 2.34. The van der Waals surface area contributed by atoms with Crippen LogP contribution in [0.5, 0.6) is 0 Å². The molecule has 100 valence electrons. The summed E-state index contributed by atoms with van der Waals surface area (Å²) in [5.74, 6) is 0. The van der Waals surface area contributed by atoms with Crippen LogP contribution in [0.2, 0.25) is 0 Å². The van der Waals surface area contributed by atoms with Crippen LogP contribution in [-0.4, -0.2) is 25.9 Å². The first kappa shape index (κ1) is 14.5. The van der Waals surface area contributed by atoms with Gasteiger partial charge < -0.3 is 9.47 Å². The van der Waals surface area contributed by atoms with E-state index >= 15 is 0 Å². The molecule has 0 saturated carbocycles. The molecular formula is C14H18Br2O2. The smallest absolute Gasteiger partial charge is 0.0975 e. The average Bonchev–Trinajstić information content (AvgIpc) is 2.37. The first-order chi connectivity index (χ1) is 8.52. The highest BCUT2D eigenvalue weighted by molar-refractivity contribution is 9.10. The van der Waals surface area contributed by atoms with Crippen molar-refractivity contribution < 1.29 is 9.47 Å². The number of hydrogen-bond donors (Lipinski definition) is 0. The van der Waals surface area contributed by atoms with Gasteiger partial charge in [-0.1, -0.05) is 37.9 Å². The largest absolute Gasteiger partial charge is 0.376 e. The standard InChI is InChI=1S/C14H18Br2O2/c1-8-6-9(2)13(15)10(3)12(8)14(16)11-7-17-4-5-18-11/h6,11,14H,4-5,7H2,1-3H3. The lowest BCUT2D eigenvalue weighted by molar-refractivity contribution is -0.0877. The molecule has 18 heavy (non-hydrogen) atoms. The highest BCUT2D eigenvalue weighted by atomic mass is 79.9. The summed E-state index contributed by atoms with van der Waals surface area (Å²) < 4.78 is 12.5. The maximum atomic E-state index is 5.79. The van der Waals surface area contributed by atoms with Crippen molar-refractivity contribution in [2.24, 2.45) is 0 Å². The molecule has 2 unspecified atom stereocenters. The Labute approximate surface area is 125 Å². The Morgan fingerprint density at radius 3 is 2.56 bits per heavy atom. The van der Waals surface area contributed by atoms with Crippen molar-refractivity contribution in [1.82, 2.24) is 0 Å². The Kier molecular flexibility index (Phi) is 4.86. The van der Waals surface area contributed by atoms with Crippen LogP contribution in [-0.2, 0) is 9.47 Å². The molecule has 2 rings (SSSR count). The second kappa shape index (κ2) is 6.04. The van der Waals surface area contributed by atoms with Gasteiger partial charge >= 0.3 is 0 Å². The lowest BCUT2D eigenvalue weighted by Crippen LogP contribution is -2.32. The van der Waals surface area contributed by atoms with Gasteiger partial charge in [-0.25, -0.2) is 0 Å². The highest BCUT2D eigenvalue weighted by Gasteiger charge is 2.27. The van der Waals surface area contributed by atoms with Crippen molar-refractivity contribution in [2.75, 3.05) is 19.8 Å². The van der Waals surface area contributed by atoms with Gasteiger partial charge in [0.05, 0.1) is 30.8 Å². The molecule has 0 aromatic heterocycles. The molecule has 2 atom stereocenters. The second-order valence-corrected chi connectivity index (χ2v) is 6.53. The zero-order chi connectivity index (χ0) is 13.3. The van der Waals surface area contributed by atoms with Gasteiger partial charge in [-0.3, -0.25) is 0 Å². The molecule has 1 aliphatic heterocycles. The van der Waals surface area contributed by atoms with E-state index in [0.717, 1.165) is 0 Å². The molecule has 1 saturated heterocycles. The number of ether oxygens (including phenoxy) is 2. The minimum Gasteiger partial charge on any atom is -0.376 e. The van der Waals surface area contributed by atoms with Crippen molar-refractivity contribution in [1.29, 1.82) is 0 Å². The summed E-state index contributed by atoms with van der Waals surface area (Å²) in [5, 5.41) is 0. The van der Waals surface area contributed by atoms with Crippen LogP contribution in [0, 0.1) is 20.8 Å². The molecule has 4 heteroatoms. The summed E-state index contributed by atoms with van der Waals surface area (Å²) in [4.78, 5) is 0.176. The average molecular weight is 378 g/mol. The monoisotopic (exact) mass is 376 g/mol. The molecule has 0 N–H and O–H groups in total. The predicted octanol–water partition coefficient (Wildman–Crippen LogP) is 4.23.